The summed E-state index contributed by atoms with van der Waals surface area (Å²) in [4.78, 5) is 9.89. The van der Waals surface area contributed by atoms with Gasteiger partial charge in [0.1, 0.15) is 6.29 Å². The summed E-state index contributed by atoms with van der Waals surface area (Å²) >= 11 is 0. The molecule has 0 radical (unpaired) electrons. The first kappa shape index (κ1) is 8.76. The van der Waals surface area contributed by atoms with Gasteiger partial charge in [-0.25, -0.2) is 0 Å². The van der Waals surface area contributed by atoms with Crippen LogP contribution in [0, 0.1) is 0 Å². The van der Waals surface area contributed by atoms with Crippen molar-refractivity contribution < 1.29 is 18.0 Å². The van der Waals surface area contributed by atoms with Crippen LogP contribution in [-0.2, 0) is 17.5 Å². The Bertz CT molecular complexity index is 279. The third-order valence-electron chi connectivity index (χ3n) is 1.22. The van der Waals surface area contributed by atoms with Crippen molar-refractivity contribution in [3.8, 4) is 0 Å². The standard InChI is InChI=1S/C6H5F3N2O/c7-6(8,9)5-3-10-11(4-5)1-2-12/h2-4H,1H2. The van der Waals surface area contributed by atoms with Crippen LogP contribution in [0.5, 0.6) is 0 Å². The molecule has 1 rings (SSSR count). The Morgan fingerprint density at radius 2 is 2.25 bits per heavy atom. The lowest BCUT2D eigenvalue weighted by Gasteiger charge is -1.99. The zero-order chi connectivity index (χ0) is 9.19. The number of carbonyl (C=O) groups is 1. The second-order valence-electron chi connectivity index (χ2n) is 2.12. The van der Waals surface area contributed by atoms with Crippen LogP contribution >= 0.6 is 0 Å². The number of hydrogen-bond donors (Lipinski definition) is 0. The smallest absolute Gasteiger partial charge is 0.301 e. The van der Waals surface area contributed by atoms with Gasteiger partial charge in [-0.05, 0) is 0 Å². The summed E-state index contributed by atoms with van der Waals surface area (Å²) in [6.45, 7) is -0.157. The molecule has 12 heavy (non-hydrogen) atoms. The van der Waals surface area contributed by atoms with E-state index in [4.69, 9.17) is 0 Å². The minimum absolute atomic E-state index is 0.157. The predicted molar refractivity (Wildman–Crippen MR) is 33.3 cm³/mol. The first-order chi connectivity index (χ1) is 5.54. The monoisotopic (exact) mass is 178 g/mol. The van der Waals surface area contributed by atoms with E-state index in [2.05, 4.69) is 5.10 Å². The van der Waals surface area contributed by atoms with Crippen molar-refractivity contribution in [2.45, 2.75) is 12.7 Å². The van der Waals surface area contributed by atoms with Gasteiger partial charge in [-0.3, -0.25) is 4.68 Å². The number of halogens is 3. The summed E-state index contributed by atoms with van der Waals surface area (Å²) in [6.07, 6.45) is -2.44. The summed E-state index contributed by atoms with van der Waals surface area (Å²) in [6, 6.07) is 0. The maximum absolute atomic E-state index is 11.9. The van der Waals surface area contributed by atoms with E-state index in [1.165, 1.54) is 0 Å². The average molecular weight is 178 g/mol. The molecule has 0 atom stereocenters. The molecule has 66 valence electrons. The molecule has 0 fully saturated rings. The van der Waals surface area contributed by atoms with Crippen LogP contribution < -0.4 is 0 Å². The lowest BCUT2D eigenvalue weighted by atomic mass is 10.4. The van der Waals surface area contributed by atoms with Gasteiger partial charge in [0.25, 0.3) is 0 Å². The third-order valence-corrected chi connectivity index (χ3v) is 1.22. The number of aldehydes is 1. The maximum atomic E-state index is 11.9. The molecule has 6 heteroatoms. The highest BCUT2D eigenvalue weighted by Gasteiger charge is 2.31. The number of hydrogen-bond acceptors (Lipinski definition) is 2. The number of carbonyl (C=O) groups excluding carboxylic acids is 1. The Morgan fingerprint density at radius 1 is 1.58 bits per heavy atom. The van der Waals surface area contributed by atoms with Crippen LogP contribution in [0.25, 0.3) is 0 Å². The van der Waals surface area contributed by atoms with Crippen molar-refractivity contribution in [3.63, 3.8) is 0 Å². The van der Waals surface area contributed by atoms with Crippen molar-refractivity contribution in [1.29, 1.82) is 0 Å². The van der Waals surface area contributed by atoms with E-state index in [9.17, 15) is 18.0 Å². The van der Waals surface area contributed by atoms with Gasteiger partial charge in [0.05, 0.1) is 18.3 Å². The highest BCUT2D eigenvalue weighted by atomic mass is 19.4. The third kappa shape index (κ3) is 1.84. The normalized spacial score (nSPS) is 11.6. The Hall–Kier alpha value is -1.33. The molecule has 0 aromatic carbocycles. The van der Waals surface area contributed by atoms with Gasteiger partial charge in [-0.1, -0.05) is 0 Å². The van der Waals surface area contributed by atoms with Crippen LogP contribution in [0.4, 0.5) is 13.2 Å². The van der Waals surface area contributed by atoms with Gasteiger partial charge in [-0.15, -0.1) is 0 Å². The van der Waals surface area contributed by atoms with Gasteiger partial charge in [0, 0.05) is 6.20 Å². The number of aromatic nitrogens is 2. The van der Waals surface area contributed by atoms with E-state index < -0.39 is 11.7 Å². The molecule has 0 N–H and O–H groups in total. The predicted octanol–water partition coefficient (Wildman–Crippen LogP) is 1.10. The molecule has 0 aliphatic carbocycles. The zero-order valence-corrected chi connectivity index (χ0v) is 5.88. The molecule has 1 aromatic rings. The van der Waals surface area contributed by atoms with Crippen molar-refractivity contribution in [2.24, 2.45) is 0 Å². The molecule has 0 saturated carbocycles. The Labute approximate surface area is 65.8 Å². The fourth-order valence-electron chi connectivity index (χ4n) is 0.686. The van der Waals surface area contributed by atoms with Crippen LogP contribution in [0.2, 0.25) is 0 Å². The lowest BCUT2D eigenvalue weighted by molar-refractivity contribution is -0.137. The largest absolute Gasteiger partial charge is 0.419 e. The van der Waals surface area contributed by atoms with Gasteiger partial charge < -0.3 is 4.79 Å². The van der Waals surface area contributed by atoms with Crippen molar-refractivity contribution in [3.05, 3.63) is 18.0 Å². The Morgan fingerprint density at radius 3 is 2.67 bits per heavy atom. The number of rotatable bonds is 2. The molecule has 3 nitrogen and oxygen atoms in total. The first-order valence-electron chi connectivity index (χ1n) is 3.07. The zero-order valence-electron chi connectivity index (χ0n) is 5.88. The molecule has 0 unspecified atom stereocenters. The lowest BCUT2D eigenvalue weighted by Crippen LogP contribution is -2.03. The van der Waals surface area contributed by atoms with E-state index in [1.54, 1.807) is 0 Å². The Kier molecular flexibility index (Phi) is 2.16. The second-order valence-corrected chi connectivity index (χ2v) is 2.12. The summed E-state index contributed by atoms with van der Waals surface area (Å²) in [5, 5.41) is 3.34. The van der Waals surface area contributed by atoms with E-state index in [1.807, 2.05) is 0 Å². The summed E-state index contributed by atoms with van der Waals surface area (Å²) in [5.74, 6) is 0. The van der Waals surface area contributed by atoms with E-state index >= 15 is 0 Å². The molecule has 0 aliphatic rings. The van der Waals surface area contributed by atoms with Crippen LogP contribution in [-0.4, -0.2) is 16.1 Å². The highest BCUT2D eigenvalue weighted by molar-refractivity contribution is 5.48. The molecular formula is C6H5F3N2O. The van der Waals surface area contributed by atoms with Crippen LogP contribution in [0.15, 0.2) is 12.4 Å². The molecule has 1 aromatic heterocycles. The molecule has 0 saturated heterocycles. The first-order valence-corrected chi connectivity index (χ1v) is 3.07. The van der Waals surface area contributed by atoms with Gasteiger partial charge >= 0.3 is 6.18 Å². The fourth-order valence-corrected chi connectivity index (χ4v) is 0.686. The minimum atomic E-state index is -4.39. The van der Waals surface area contributed by atoms with Gasteiger partial charge in [-0.2, -0.15) is 18.3 Å². The summed E-state index contributed by atoms with van der Waals surface area (Å²) in [5.41, 5.74) is -0.843. The van der Waals surface area contributed by atoms with Crippen molar-refractivity contribution in [2.75, 3.05) is 0 Å². The van der Waals surface area contributed by atoms with E-state index in [-0.39, 0.29) is 6.54 Å². The average Bonchev–Trinajstić information content (AvgIpc) is 2.35. The molecule has 0 spiro atoms. The van der Waals surface area contributed by atoms with Crippen molar-refractivity contribution in [1.82, 2.24) is 9.78 Å². The van der Waals surface area contributed by atoms with E-state index in [0.29, 0.717) is 12.5 Å². The maximum Gasteiger partial charge on any atom is 0.419 e. The molecule has 0 bridgehead atoms. The second kappa shape index (κ2) is 2.96. The molecule has 0 aliphatic heterocycles. The van der Waals surface area contributed by atoms with E-state index in [0.717, 1.165) is 10.9 Å². The van der Waals surface area contributed by atoms with Gasteiger partial charge in [0.15, 0.2) is 0 Å². The molecule has 1 heterocycles. The van der Waals surface area contributed by atoms with Gasteiger partial charge in [0.2, 0.25) is 0 Å². The fraction of sp³-hybridized carbons (Fsp3) is 0.333. The highest BCUT2D eigenvalue weighted by Crippen LogP contribution is 2.28. The quantitative estimate of drug-likeness (QED) is 0.635. The Balaban J connectivity index is 2.84. The van der Waals surface area contributed by atoms with Crippen LogP contribution in [0.3, 0.4) is 0 Å². The topological polar surface area (TPSA) is 34.9 Å². The molecule has 0 amide bonds. The van der Waals surface area contributed by atoms with Crippen LogP contribution in [0.1, 0.15) is 5.56 Å². The summed E-state index contributed by atoms with van der Waals surface area (Å²) in [7, 11) is 0. The van der Waals surface area contributed by atoms with Crippen molar-refractivity contribution >= 4 is 6.29 Å². The summed E-state index contributed by atoms with van der Waals surface area (Å²) < 4.78 is 36.6. The minimum Gasteiger partial charge on any atom is -0.301 e. The SMILES string of the molecule is O=CCn1cc(C(F)(F)F)cn1. The molecular weight excluding hydrogens is 173 g/mol. The number of nitrogens with zero attached hydrogens (tertiary/aromatic N) is 2. The number of alkyl halides is 3.